The molecule has 1 saturated heterocycles. The van der Waals surface area contributed by atoms with Crippen molar-refractivity contribution in [2.45, 2.75) is 23.8 Å². The number of hydrogen-bond acceptors (Lipinski definition) is 6. The maximum absolute atomic E-state index is 12.6. The molecule has 0 amide bonds. The summed E-state index contributed by atoms with van der Waals surface area (Å²) in [6.45, 7) is 2.26. The molecule has 134 valence electrons. The van der Waals surface area contributed by atoms with Crippen molar-refractivity contribution in [2.24, 2.45) is 0 Å². The number of nitrogens with one attached hydrogen (secondary N) is 1. The molecule has 2 aliphatic rings. The van der Waals surface area contributed by atoms with Crippen LogP contribution in [0.1, 0.15) is 18.9 Å². The van der Waals surface area contributed by atoms with Crippen molar-refractivity contribution in [1.82, 2.24) is 9.78 Å². The molecule has 0 bridgehead atoms. The first-order valence-electron chi connectivity index (χ1n) is 8.16. The molecule has 3 heterocycles. The van der Waals surface area contributed by atoms with Crippen molar-refractivity contribution >= 4 is 15.7 Å². The predicted molar refractivity (Wildman–Crippen MR) is 89.6 cm³/mol. The normalized spacial score (nSPS) is 18.1. The van der Waals surface area contributed by atoms with E-state index in [9.17, 15) is 8.42 Å². The van der Waals surface area contributed by atoms with E-state index in [2.05, 4.69) is 9.82 Å². The highest BCUT2D eigenvalue weighted by molar-refractivity contribution is 7.92. The van der Waals surface area contributed by atoms with Gasteiger partial charge in [0, 0.05) is 25.5 Å². The number of anilines is 1. The number of sulfonamides is 1. The Morgan fingerprint density at radius 1 is 1.08 bits per heavy atom. The summed E-state index contributed by atoms with van der Waals surface area (Å²) >= 11 is 0. The Bertz CT molecular complexity index is 858. The minimum Gasteiger partial charge on any atom is -0.486 e. The van der Waals surface area contributed by atoms with Crippen molar-refractivity contribution in [3.63, 3.8) is 0 Å². The van der Waals surface area contributed by atoms with E-state index in [1.165, 1.54) is 18.3 Å². The number of aromatic nitrogens is 2. The van der Waals surface area contributed by atoms with E-state index in [-0.39, 0.29) is 10.9 Å². The largest absolute Gasteiger partial charge is 0.486 e. The summed E-state index contributed by atoms with van der Waals surface area (Å²) in [7, 11) is -3.73. The van der Waals surface area contributed by atoms with Gasteiger partial charge in [-0.3, -0.25) is 9.40 Å². The van der Waals surface area contributed by atoms with Gasteiger partial charge in [-0.25, -0.2) is 8.42 Å². The first-order chi connectivity index (χ1) is 12.1. The van der Waals surface area contributed by atoms with E-state index in [1.54, 1.807) is 16.9 Å². The Labute approximate surface area is 145 Å². The molecule has 1 N–H and O–H groups in total. The topological polar surface area (TPSA) is 91.7 Å². The molecule has 0 spiro atoms. The Hall–Kier alpha value is -2.26. The zero-order valence-corrected chi connectivity index (χ0v) is 14.4. The average molecular weight is 365 g/mol. The molecule has 0 radical (unpaired) electrons. The van der Waals surface area contributed by atoms with Crippen LogP contribution in [-0.2, 0) is 14.8 Å². The van der Waals surface area contributed by atoms with Gasteiger partial charge in [0.15, 0.2) is 11.5 Å². The first-order valence-corrected chi connectivity index (χ1v) is 9.64. The summed E-state index contributed by atoms with van der Waals surface area (Å²) in [4.78, 5) is 0.121. The zero-order valence-electron chi connectivity index (χ0n) is 13.6. The van der Waals surface area contributed by atoms with E-state index >= 15 is 0 Å². The number of fused-ring (bicyclic) bond motifs is 1. The molecular formula is C16H19N3O5S. The molecule has 2 aromatic rings. The maximum Gasteiger partial charge on any atom is 0.262 e. The fourth-order valence-corrected chi connectivity index (χ4v) is 3.99. The number of benzene rings is 1. The van der Waals surface area contributed by atoms with Crippen molar-refractivity contribution in [1.29, 1.82) is 0 Å². The average Bonchev–Trinajstić information content (AvgIpc) is 3.10. The predicted octanol–water partition coefficient (Wildman–Crippen LogP) is 1.81. The van der Waals surface area contributed by atoms with Gasteiger partial charge >= 0.3 is 0 Å². The highest BCUT2D eigenvalue weighted by atomic mass is 32.2. The fourth-order valence-electron chi connectivity index (χ4n) is 2.95. The number of hydrogen-bond donors (Lipinski definition) is 1. The van der Waals surface area contributed by atoms with Crippen LogP contribution in [0.3, 0.4) is 0 Å². The molecular weight excluding hydrogens is 346 g/mol. The van der Waals surface area contributed by atoms with E-state index in [0.29, 0.717) is 43.6 Å². The number of ether oxygens (including phenoxy) is 3. The lowest BCUT2D eigenvalue weighted by molar-refractivity contribution is 0.0662. The molecule has 1 aromatic heterocycles. The van der Waals surface area contributed by atoms with Gasteiger partial charge in [-0.1, -0.05) is 0 Å². The second-order valence-corrected chi connectivity index (χ2v) is 7.65. The lowest BCUT2D eigenvalue weighted by Crippen LogP contribution is -2.20. The van der Waals surface area contributed by atoms with E-state index < -0.39 is 10.0 Å². The Morgan fingerprint density at radius 2 is 1.84 bits per heavy atom. The third kappa shape index (κ3) is 3.42. The summed E-state index contributed by atoms with van der Waals surface area (Å²) in [6.07, 6.45) is 4.97. The first kappa shape index (κ1) is 16.2. The standard InChI is InChI=1S/C16H19N3O5S/c20-25(21,14-1-2-15-16(9-14)24-8-7-23-15)18-12-10-17-19(11-12)13-3-5-22-6-4-13/h1-2,9-11,13,18H,3-8H2. The summed E-state index contributed by atoms with van der Waals surface area (Å²) in [5.41, 5.74) is 0.432. The SMILES string of the molecule is O=S(=O)(Nc1cnn(C2CCOCC2)c1)c1ccc2c(c1)OCCO2. The molecule has 0 atom stereocenters. The molecule has 4 rings (SSSR count). The number of nitrogens with zero attached hydrogens (tertiary/aromatic N) is 2. The van der Waals surface area contributed by atoms with Crippen LogP contribution in [0.15, 0.2) is 35.5 Å². The third-order valence-electron chi connectivity index (χ3n) is 4.24. The van der Waals surface area contributed by atoms with Gasteiger partial charge in [-0.2, -0.15) is 5.10 Å². The van der Waals surface area contributed by atoms with Crippen molar-refractivity contribution < 1.29 is 22.6 Å². The summed E-state index contributed by atoms with van der Waals surface area (Å²) in [5.74, 6) is 0.990. The van der Waals surface area contributed by atoms with Crippen LogP contribution < -0.4 is 14.2 Å². The van der Waals surface area contributed by atoms with Gasteiger partial charge in [-0.15, -0.1) is 0 Å². The van der Waals surface area contributed by atoms with Crippen molar-refractivity contribution in [3.05, 3.63) is 30.6 Å². The fraction of sp³-hybridized carbons (Fsp3) is 0.438. The Kier molecular flexibility index (Phi) is 4.26. The Balaban J connectivity index is 1.52. The summed E-state index contributed by atoms with van der Waals surface area (Å²) in [5, 5.41) is 4.28. The van der Waals surface area contributed by atoms with Crippen LogP contribution in [0.25, 0.3) is 0 Å². The highest BCUT2D eigenvalue weighted by Gasteiger charge is 2.21. The van der Waals surface area contributed by atoms with E-state index in [1.807, 2.05) is 0 Å². The lowest BCUT2D eigenvalue weighted by Gasteiger charge is -2.22. The van der Waals surface area contributed by atoms with Crippen molar-refractivity contribution in [2.75, 3.05) is 31.1 Å². The molecule has 1 aromatic carbocycles. The second-order valence-electron chi connectivity index (χ2n) is 5.96. The molecule has 2 aliphatic heterocycles. The van der Waals surface area contributed by atoms with Gasteiger partial charge in [0.25, 0.3) is 10.0 Å². The van der Waals surface area contributed by atoms with E-state index in [4.69, 9.17) is 14.2 Å². The van der Waals surface area contributed by atoms with Gasteiger partial charge < -0.3 is 14.2 Å². The quantitative estimate of drug-likeness (QED) is 0.888. The monoisotopic (exact) mass is 365 g/mol. The summed E-state index contributed by atoms with van der Waals surface area (Å²) in [6, 6.07) is 4.81. The second kappa shape index (κ2) is 6.57. The third-order valence-corrected chi connectivity index (χ3v) is 5.62. The summed E-state index contributed by atoms with van der Waals surface area (Å²) < 4.78 is 45.8. The molecule has 0 saturated carbocycles. The van der Waals surface area contributed by atoms with Crippen LogP contribution >= 0.6 is 0 Å². The van der Waals surface area contributed by atoms with E-state index in [0.717, 1.165) is 12.8 Å². The van der Waals surface area contributed by atoms with Crippen LogP contribution in [-0.4, -0.2) is 44.6 Å². The molecule has 25 heavy (non-hydrogen) atoms. The van der Waals surface area contributed by atoms with Gasteiger partial charge in [0.1, 0.15) is 13.2 Å². The smallest absolute Gasteiger partial charge is 0.262 e. The lowest BCUT2D eigenvalue weighted by atomic mass is 10.1. The highest BCUT2D eigenvalue weighted by Crippen LogP contribution is 2.32. The molecule has 0 aliphatic carbocycles. The van der Waals surface area contributed by atoms with Crippen LogP contribution in [0.5, 0.6) is 11.5 Å². The molecule has 8 nitrogen and oxygen atoms in total. The van der Waals surface area contributed by atoms with Gasteiger partial charge in [0.2, 0.25) is 0 Å². The number of rotatable bonds is 4. The van der Waals surface area contributed by atoms with Gasteiger partial charge in [-0.05, 0) is 25.0 Å². The van der Waals surface area contributed by atoms with Crippen LogP contribution in [0.4, 0.5) is 5.69 Å². The maximum atomic E-state index is 12.6. The Morgan fingerprint density at radius 3 is 2.64 bits per heavy atom. The van der Waals surface area contributed by atoms with Gasteiger partial charge in [0.05, 0.1) is 22.8 Å². The van der Waals surface area contributed by atoms with Crippen LogP contribution in [0, 0.1) is 0 Å². The van der Waals surface area contributed by atoms with Crippen LogP contribution in [0.2, 0.25) is 0 Å². The molecule has 0 unspecified atom stereocenters. The minimum atomic E-state index is -3.73. The minimum absolute atomic E-state index is 0.121. The molecule has 9 heteroatoms. The molecule has 1 fully saturated rings. The van der Waals surface area contributed by atoms with Crippen molar-refractivity contribution in [3.8, 4) is 11.5 Å². The zero-order chi connectivity index (χ0) is 17.3.